The highest BCUT2D eigenvalue weighted by Crippen LogP contribution is 2.39. The van der Waals surface area contributed by atoms with Crippen molar-refractivity contribution in [3.05, 3.63) is 128 Å². The van der Waals surface area contributed by atoms with Crippen molar-refractivity contribution in [3.8, 4) is 22.1 Å². The fourth-order valence-corrected chi connectivity index (χ4v) is 6.97. The number of rotatable bonds is 3. The van der Waals surface area contributed by atoms with Gasteiger partial charge >= 0.3 is 0 Å². The summed E-state index contributed by atoms with van der Waals surface area (Å²) in [6.07, 6.45) is 3.76. The number of benzene rings is 4. The Hall–Kier alpha value is -5.33. The molecule has 0 saturated heterocycles. The van der Waals surface area contributed by atoms with Crippen LogP contribution in [-0.2, 0) is 0 Å². The van der Waals surface area contributed by atoms with E-state index in [0.717, 1.165) is 43.5 Å². The Morgan fingerprint density at radius 1 is 0.512 bits per heavy atom. The molecule has 0 bridgehead atoms. The minimum atomic E-state index is 0.853. The van der Waals surface area contributed by atoms with E-state index in [4.69, 9.17) is 9.97 Å². The van der Waals surface area contributed by atoms with Crippen LogP contribution in [0.15, 0.2) is 128 Å². The predicted octanol–water partition coefficient (Wildman–Crippen LogP) is 8.95. The van der Waals surface area contributed by atoms with E-state index >= 15 is 0 Å². The normalized spacial score (nSPS) is 11.9. The second kappa shape index (κ2) is 8.58. The molecule has 0 aliphatic heterocycles. The molecule has 9 aromatic rings. The Balaban J connectivity index is 1.30. The van der Waals surface area contributed by atoms with Crippen LogP contribution in [-0.4, -0.2) is 24.1 Å². The summed E-state index contributed by atoms with van der Waals surface area (Å²) in [5, 5.41) is 5.78. The van der Waals surface area contributed by atoms with E-state index < -0.39 is 0 Å². The fraction of sp³-hybridized carbons (Fsp3) is 0. The number of pyridine rings is 2. The topological polar surface area (TPSA) is 48.5 Å². The Labute approximate surface area is 238 Å². The minimum Gasteiger partial charge on any atom is -0.309 e. The monoisotopic (exact) mass is 543 g/mol. The second-order valence-corrected chi connectivity index (χ2v) is 11.2. The molecule has 0 fully saturated rings. The van der Waals surface area contributed by atoms with Gasteiger partial charge in [0.25, 0.3) is 0 Å². The average molecular weight is 544 g/mol. The van der Waals surface area contributed by atoms with Crippen LogP contribution in [0.3, 0.4) is 0 Å². The number of para-hydroxylation sites is 3. The van der Waals surface area contributed by atoms with Gasteiger partial charge in [-0.25, -0.2) is 9.97 Å². The quantitative estimate of drug-likeness (QED) is 0.223. The van der Waals surface area contributed by atoms with Crippen LogP contribution in [0.25, 0.3) is 76.0 Å². The first kappa shape index (κ1) is 22.5. The fourth-order valence-electron chi connectivity index (χ4n) is 6.09. The summed E-state index contributed by atoms with van der Waals surface area (Å²) < 4.78 is 4.70. The van der Waals surface area contributed by atoms with Crippen molar-refractivity contribution in [1.82, 2.24) is 24.1 Å². The highest BCUT2D eigenvalue weighted by molar-refractivity contribution is 7.21. The number of aromatic nitrogens is 5. The zero-order chi connectivity index (χ0) is 26.9. The molecule has 41 heavy (non-hydrogen) atoms. The van der Waals surface area contributed by atoms with Gasteiger partial charge in [-0.05, 0) is 60.7 Å². The van der Waals surface area contributed by atoms with Gasteiger partial charge in [0.15, 0.2) is 0 Å². The molecule has 192 valence electrons. The van der Waals surface area contributed by atoms with Gasteiger partial charge in [0.2, 0.25) is 0 Å². The van der Waals surface area contributed by atoms with Crippen molar-refractivity contribution >= 4 is 65.3 Å². The summed E-state index contributed by atoms with van der Waals surface area (Å²) in [6, 6.07) is 40.7. The summed E-state index contributed by atoms with van der Waals surface area (Å²) >= 11 is 1.57. The largest absolute Gasteiger partial charge is 0.309 e. The molecule has 0 aliphatic rings. The van der Waals surface area contributed by atoms with Crippen LogP contribution in [0.5, 0.6) is 0 Å². The molecule has 0 unspecified atom stereocenters. The first-order valence-corrected chi connectivity index (χ1v) is 14.4. The van der Waals surface area contributed by atoms with Crippen molar-refractivity contribution in [3.63, 3.8) is 0 Å². The zero-order valence-corrected chi connectivity index (χ0v) is 22.6. The van der Waals surface area contributed by atoms with Crippen LogP contribution >= 0.6 is 11.3 Å². The molecular formula is C35H21N5S. The smallest absolute Gasteiger partial charge is 0.144 e. The van der Waals surface area contributed by atoms with Crippen molar-refractivity contribution in [2.75, 3.05) is 0 Å². The van der Waals surface area contributed by atoms with Gasteiger partial charge in [-0.2, -0.15) is 0 Å². The molecule has 0 N–H and O–H groups in total. The Morgan fingerprint density at radius 2 is 1.17 bits per heavy atom. The molecule has 5 nitrogen and oxygen atoms in total. The van der Waals surface area contributed by atoms with E-state index in [9.17, 15) is 0 Å². The van der Waals surface area contributed by atoms with Gasteiger partial charge < -0.3 is 9.13 Å². The van der Waals surface area contributed by atoms with Crippen molar-refractivity contribution in [2.45, 2.75) is 0 Å². The lowest BCUT2D eigenvalue weighted by atomic mass is 10.1. The lowest BCUT2D eigenvalue weighted by Crippen LogP contribution is -1.96. The van der Waals surface area contributed by atoms with Gasteiger partial charge in [-0.1, -0.05) is 65.9 Å². The van der Waals surface area contributed by atoms with E-state index in [-0.39, 0.29) is 0 Å². The highest BCUT2D eigenvalue weighted by Gasteiger charge is 2.18. The second-order valence-electron chi connectivity index (χ2n) is 10.2. The number of nitrogens with zero attached hydrogens (tertiary/aromatic N) is 5. The van der Waals surface area contributed by atoms with E-state index in [1.165, 1.54) is 32.6 Å². The van der Waals surface area contributed by atoms with Crippen LogP contribution < -0.4 is 0 Å². The molecule has 4 aromatic carbocycles. The van der Waals surface area contributed by atoms with Crippen LogP contribution in [0.1, 0.15) is 0 Å². The summed E-state index contributed by atoms with van der Waals surface area (Å²) in [4.78, 5) is 15.0. The van der Waals surface area contributed by atoms with Crippen LogP contribution in [0.4, 0.5) is 0 Å². The number of hydrogen-bond donors (Lipinski definition) is 0. The Bertz CT molecular complexity index is 2380. The molecule has 0 amide bonds. The van der Waals surface area contributed by atoms with Gasteiger partial charge in [-0.15, -0.1) is 0 Å². The summed E-state index contributed by atoms with van der Waals surface area (Å²) in [7, 11) is 0. The highest BCUT2D eigenvalue weighted by atomic mass is 32.1. The number of hydrogen-bond acceptors (Lipinski definition) is 4. The predicted molar refractivity (Wildman–Crippen MR) is 169 cm³/mol. The summed E-state index contributed by atoms with van der Waals surface area (Å²) in [6.45, 7) is 0. The van der Waals surface area contributed by atoms with Crippen molar-refractivity contribution < 1.29 is 0 Å². The van der Waals surface area contributed by atoms with Gasteiger partial charge in [0, 0.05) is 33.4 Å². The van der Waals surface area contributed by atoms with E-state index in [0.29, 0.717) is 0 Å². The van der Waals surface area contributed by atoms with Crippen LogP contribution in [0.2, 0.25) is 0 Å². The first-order valence-electron chi connectivity index (χ1n) is 13.5. The lowest BCUT2D eigenvalue weighted by molar-refractivity contribution is 1.14. The third-order valence-corrected chi connectivity index (χ3v) is 8.87. The molecular weight excluding hydrogens is 522 g/mol. The van der Waals surface area contributed by atoms with E-state index in [2.05, 4.69) is 117 Å². The molecule has 0 spiro atoms. The Morgan fingerprint density at radius 3 is 1.83 bits per heavy atom. The molecule has 5 heterocycles. The summed E-state index contributed by atoms with van der Waals surface area (Å²) in [5.41, 5.74) is 8.65. The van der Waals surface area contributed by atoms with E-state index in [1.54, 1.807) is 17.5 Å². The third kappa shape index (κ3) is 3.31. The number of fused-ring (bicyclic) bond motifs is 7. The lowest BCUT2D eigenvalue weighted by Gasteiger charge is -2.09. The molecule has 0 saturated carbocycles. The molecule has 0 atom stereocenters. The van der Waals surface area contributed by atoms with Crippen LogP contribution in [0, 0.1) is 0 Å². The number of thiazole rings is 1. The van der Waals surface area contributed by atoms with Gasteiger partial charge in [0.05, 0.1) is 39.6 Å². The first-order chi connectivity index (χ1) is 20.3. The SMILES string of the molecule is c1ccc(-n2c3ccccc3c3cc4c(cc32)c2ccccc2n4-c2ccc(-c3nc4cccnc4s3)nc2)cc1. The minimum absolute atomic E-state index is 0.853. The molecule has 5 aromatic heterocycles. The maximum absolute atomic E-state index is 4.87. The van der Waals surface area contributed by atoms with E-state index in [1.807, 2.05) is 18.3 Å². The maximum Gasteiger partial charge on any atom is 0.144 e. The standard InChI is InChI=1S/C35H21N5S/c1-2-9-22(10-3-1)39-30-14-6-4-11-24(30)26-20-33-27(19-32(26)39)25-12-5-7-15-31(25)40(33)23-16-17-28(37-21-23)35-38-29-13-8-18-36-34(29)41-35/h1-21H. The molecule has 0 radical (unpaired) electrons. The Kier molecular flexibility index (Phi) is 4.71. The average Bonchev–Trinajstić information content (AvgIpc) is 3.71. The summed E-state index contributed by atoms with van der Waals surface area (Å²) in [5.74, 6) is 0. The van der Waals surface area contributed by atoms with Gasteiger partial charge in [-0.3, -0.25) is 4.98 Å². The van der Waals surface area contributed by atoms with Crippen molar-refractivity contribution in [2.24, 2.45) is 0 Å². The van der Waals surface area contributed by atoms with Crippen molar-refractivity contribution in [1.29, 1.82) is 0 Å². The molecule has 6 heteroatoms. The maximum atomic E-state index is 4.87. The molecule has 9 rings (SSSR count). The molecule has 0 aliphatic carbocycles. The third-order valence-electron chi connectivity index (χ3n) is 7.87. The van der Waals surface area contributed by atoms with Gasteiger partial charge in [0.1, 0.15) is 15.4 Å². The zero-order valence-electron chi connectivity index (χ0n) is 21.8.